The minimum absolute atomic E-state index is 0.0189. The van der Waals surface area contributed by atoms with Crippen LogP contribution in [0.5, 0.6) is 5.75 Å². The Kier molecular flexibility index (Phi) is 7.50. The van der Waals surface area contributed by atoms with Crippen LogP contribution in [0.3, 0.4) is 0 Å². The Labute approximate surface area is 205 Å². The zero-order valence-electron chi connectivity index (χ0n) is 18.9. The second-order valence-corrected chi connectivity index (χ2v) is 8.96. The molecule has 1 amide bonds. The predicted octanol–water partition coefficient (Wildman–Crippen LogP) is 5.14. The number of anilines is 1. The number of hydrogen-bond donors (Lipinski definition) is 0. The van der Waals surface area contributed by atoms with Gasteiger partial charge in [0.2, 0.25) is 0 Å². The Morgan fingerprint density at radius 1 is 1.03 bits per heavy atom. The van der Waals surface area contributed by atoms with Crippen molar-refractivity contribution >= 4 is 29.0 Å². The van der Waals surface area contributed by atoms with E-state index in [1.165, 1.54) is 18.2 Å². The van der Waals surface area contributed by atoms with Crippen molar-refractivity contribution in [3.8, 4) is 5.75 Å². The summed E-state index contributed by atoms with van der Waals surface area (Å²) in [7, 11) is 1.61. The van der Waals surface area contributed by atoms with E-state index in [0.717, 1.165) is 41.4 Å². The molecule has 3 aromatic carbocycles. The van der Waals surface area contributed by atoms with E-state index < -0.39 is 16.6 Å². The number of hydrogen-bond acceptors (Lipinski definition) is 6. The Morgan fingerprint density at radius 3 is 2.40 bits per heavy atom. The molecule has 0 saturated carbocycles. The number of nitro groups is 1. The highest BCUT2D eigenvalue weighted by atomic mass is 32.2. The van der Waals surface area contributed by atoms with Gasteiger partial charge in [-0.3, -0.25) is 14.9 Å². The number of rotatable bonds is 7. The quantitative estimate of drug-likeness (QED) is 0.255. The van der Waals surface area contributed by atoms with Gasteiger partial charge in [0, 0.05) is 54.8 Å². The van der Waals surface area contributed by atoms with Gasteiger partial charge >= 0.3 is 0 Å². The number of piperazine rings is 1. The largest absolute Gasteiger partial charge is 0.497 e. The summed E-state index contributed by atoms with van der Waals surface area (Å²) in [6.45, 7) is 2.22. The van der Waals surface area contributed by atoms with Crippen molar-refractivity contribution < 1.29 is 23.2 Å². The molecule has 0 bridgehead atoms. The molecule has 0 atom stereocenters. The van der Waals surface area contributed by atoms with Crippen LogP contribution in [0.25, 0.3) is 0 Å². The van der Waals surface area contributed by atoms with Crippen molar-refractivity contribution in [1.29, 1.82) is 0 Å². The van der Waals surface area contributed by atoms with Gasteiger partial charge in [-0.15, -0.1) is 11.8 Å². The van der Waals surface area contributed by atoms with Gasteiger partial charge in [-0.1, -0.05) is 0 Å². The van der Waals surface area contributed by atoms with E-state index in [2.05, 4.69) is 4.90 Å². The van der Waals surface area contributed by atoms with Crippen LogP contribution >= 0.6 is 11.8 Å². The first kappa shape index (κ1) is 24.5. The first-order valence-electron chi connectivity index (χ1n) is 10.9. The van der Waals surface area contributed by atoms with Crippen molar-refractivity contribution in [2.45, 2.75) is 10.6 Å². The van der Waals surface area contributed by atoms with Gasteiger partial charge in [0.25, 0.3) is 11.6 Å². The van der Waals surface area contributed by atoms with E-state index in [-0.39, 0.29) is 33.4 Å². The number of benzene rings is 3. The summed E-state index contributed by atoms with van der Waals surface area (Å²) in [5.41, 5.74) is 1.12. The van der Waals surface area contributed by atoms with Gasteiger partial charge in [0.15, 0.2) is 0 Å². The minimum Gasteiger partial charge on any atom is -0.497 e. The van der Waals surface area contributed by atoms with Crippen LogP contribution in [0.1, 0.15) is 15.9 Å². The summed E-state index contributed by atoms with van der Waals surface area (Å²) in [6, 6.07) is 15.1. The van der Waals surface area contributed by atoms with Crippen LogP contribution in [0.15, 0.2) is 65.6 Å². The highest BCUT2D eigenvalue weighted by Crippen LogP contribution is 2.33. The standard InChI is InChI=1S/C25H23F2N3O4S/c1-34-21-6-4-20(5-7-21)28-10-12-29(13-11-28)25(31)17-2-9-24(23(15-17)30(32)33)35-16-18-14-19(26)3-8-22(18)27/h2-9,14-15H,10-13,16H2,1H3. The molecule has 0 spiro atoms. The van der Waals surface area contributed by atoms with Crippen LogP contribution in [0.2, 0.25) is 0 Å². The summed E-state index contributed by atoms with van der Waals surface area (Å²) in [5.74, 6) is -0.654. The minimum atomic E-state index is -0.581. The lowest BCUT2D eigenvalue weighted by molar-refractivity contribution is -0.387. The molecule has 0 N–H and O–H groups in total. The van der Waals surface area contributed by atoms with Gasteiger partial charge in [0.1, 0.15) is 17.4 Å². The van der Waals surface area contributed by atoms with Gasteiger partial charge in [-0.2, -0.15) is 0 Å². The number of carbonyl (C=O) groups is 1. The average Bonchev–Trinajstić information content (AvgIpc) is 2.89. The SMILES string of the molecule is COc1ccc(N2CCN(C(=O)c3ccc(SCc4cc(F)ccc4F)c([N+](=O)[O-])c3)CC2)cc1. The molecular formula is C25H23F2N3O4S. The molecule has 1 heterocycles. The van der Waals surface area contributed by atoms with Gasteiger partial charge in [-0.05, 0) is 54.6 Å². The summed E-state index contributed by atoms with van der Waals surface area (Å²) >= 11 is 1.02. The average molecular weight is 500 g/mol. The van der Waals surface area contributed by atoms with E-state index in [0.29, 0.717) is 26.2 Å². The van der Waals surface area contributed by atoms with Gasteiger partial charge in [0.05, 0.1) is 16.9 Å². The Bertz CT molecular complexity index is 1230. The molecule has 0 unspecified atom stereocenters. The molecular weight excluding hydrogens is 476 g/mol. The summed E-state index contributed by atoms with van der Waals surface area (Å²) in [6.07, 6.45) is 0. The Morgan fingerprint density at radius 2 is 1.74 bits per heavy atom. The second-order valence-electron chi connectivity index (χ2n) is 7.94. The van der Waals surface area contributed by atoms with Crippen LogP contribution in [-0.2, 0) is 5.75 Å². The Balaban J connectivity index is 1.43. The smallest absolute Gasteiger partial charge is 0.283 e. The Hall–Kier alpha value is -3.66. The maximum Gasteiger partial charge on any atom is 0.283 e. The van der Waals surface area contributed by atoms with Crippen molar-refractivity contribution in [2.75, 3.05) is 38.2 Å². The molecule has 7 nitrogen and oxygen atoms in total. The van der Waals surface area contributed by atoms with E-state index >= 15 is 0 Å². The number of ether oxygens (including phenoxy) is 1. The lowest BCUT2D eigenvalue weighted by atomic mass is 10.1. The third-order valence-electron chi connectivity index (χ3n) is 5.80. The van der Waals surface area contributed by atoms with Crippen LogP contribution < -0.4 is 9.64 Å². The molecule has 1 aliphatic heterocycles. The molecule has 3 aromatic rings. The van der Waals surface area contributed by atoms with Crippen molar-refractivity contribution in [3.63, 3.8) is 0 Å². The number of methoxy groups -OCH3 is 1. The molecule has 1 fully saturated rings. The fourth-order valence-corrected chi connectivity index (χ4v) is 4.85. The predicted molar refractivity (Wildman–Crippen MR) is 130 cm³/mol. The third-order valence-corrected chi connectivity index (χ3v) is 6.91. The number of carbonyl (C=O) groups excluding carboxylic acids is 1. The fourth-order valence-electron chi connectivity index (χ4n) is 3.87. The fraction of sp³-hybridized carbons (Fsp3) is 0.240. The van der Waals surface area contributed by atoms with E-state index in [1.54, 1.807) is 12.0 Å². The number of nitro benzene ring substituents is 1. The van der Waals surface area contributed by atoms with Crippen molar-refractivity contribution in [1.82, 2.24) is 4.90 Å². The zero-order chi connectivity index (χ0) is 24.9. The van der Waals surface area contributed by atoms with E-state index in [9.17, 15) is 23.7 Å². The topological polar surface area (TPSA) is 75.9 Å². The molecule has 35 heavy (non-hydrogen) atoms. The van der Waals surface area contributed by atoms with E-state index in [1.807, 2.05) is 24.3 Å². The molecule has 10 heteroatoms. The number of thioether (sulfide) groups is 1. The second kappa shape index (κ2) is 10.7. The summed E-state index contributed by atoms with van der Waals surface area (Å²) < 4.78 is 32.5. The van der Waals surface area contributed by atoms with Crippen LogP contribution in [0.4, 0.5) is 20.2 Å². The first-order chi connectivity index (χ1) is 16.9. The highest BCUT2D eigenvalue weighted by molar-refractivity contribution is 7.98. The highest BCUT2D eigenvalue weighted by Gasteiger charge is 2.25. The van der Waals surface area contributed by atoms with Crippen LogP contribution in [-0.4, -0.2) is 49.0 Å². The molecule has 0 aromatic heterocycles. The maximum atomic E-state index is 13.9. The lowest BCUT2D eigenvalue weighted by Crippen LogP contribution is -2.48. The third kappa shape index (κ3) is 5.71. The number of halogens is 2. The molecule has 1 saturated heterocycles. The lowest BCUT2D eigenvalue weighted by Gasteiger charge is -2.36. The normalized spacial score (nSPS) is 13.6. The molecule has 182 valence electrons. The van der Waals surface area contributed by atoms with Gasteiger partial charge in [-0.25, -0.2) is 8.78 Å². The van der Waals surface area contributed by atoms with Crippen molar-refractivity contribution in [3.05, 3.63) is 93.5 Å². The zero-order valence-corrected chi connectivity index (χ0v) is 19.8. The van der Waals surface area contributed by atoms with Gasteiger partial charge < -0.3 is 14.5 Å². The summed E-state index contributed by atoms with van der Waals surface area (Å²) in [5, 5.41) is 11.7. The maximum absolute atomic E-state index is 13.9. The molecule has 4 rings (SSSR count). The monoisotopic (exact) mass is 499 g/mol. The molecule has 0 aliphatic carbocycles. The first-order valence-corrected chi connectivity index (χ1v) is 11.9. The van der Waals surface area contributed by atoms with Crippen molar-refractivity contribution in [2.24, 2.45) is 0 Å². The molecule has 1 aliphatic rings. The number of nitrogens with zero attached hydrogens (tertiary/aromatic N) is 3. The number of amides is 1. The molecule has 0 radical (unpaired) electrons. The van der Waals surface area contributed by atoms with E-state index in [4.69, 9.17) is 4.74 Å². The van der Waals surface area contributed by atoms with Crippen LogP contribution in [0, 0.1) is 21.7 Å². The summed E-state index contributed by atoms with van der Waals surface area (Å²) in [4.78, 5) is 28.3.